The van der Waals surface area contributed by atoms with Gasteiger partial charge in [0.25, 0.3) is 5.91 Å². The van der Waals surface area contributed by atoms with E-state index >= 15 is 0 Å². The van der Waals surface area contributed by atoms with Crippen LogP contribution < -0.4 is 10.6 Å². The van der Waals surface area contributed by atoms with Crippen LogP contribution in [0.4, 0.5) is 0 Å². The van der Waals surface area contributed by atoms with Gasteiger partial charge in [0.05, 0.1) is 5.56 Å². The van der Waals surface area contributed by atoms with Crippen LogP contribution in [0.2, 0.25) is 0 Å². The second-order valence-electron chi connectivity index (χ2n) is 3.61. The van der Waals surface area contributed by atoms with Crippen LogP contribution >= 0.6 is 15.9 Å². The maximum absolute atomic E-state index is 11.9. The number of nitrogens with zero attached hydrogens (tertiary/aromatic N) is 1. The Morgan fingerprint density at radius 3 is 3.12 bits per heavy atom. The first-order valence-corrected chi connectivity index (χ1v) is 6.07. The van der Waals surface area contributed by atoms with E-state index in [-0.39, 0.29) is 5.91 Å². The van der Waals surface area contributed by atoms with Gasteiger partial charge < -0.3 is 15.6 Å². The van der Waals surface area contributed by atoms with Crippen molar-refractivity contribution in [2.75, 3.05) is 20.1 Å². The summed E-state index contributed by atoms with van der Waals surface area (Å²) in [6.07, 6.45) is 3.38. The van der Waals surface area contributed by atoms with Crippen LogP contribution in [-0.4, -0.2) is 36.0 Å². The largest absolute Gasteiger partial charge is 0.351 e. The lowest BCUT2D eigenvalue weighted by molar-refractivity contribution is 0.0956. The summed E-state index contributed by atoms with van der Waals surface area (Å²) in [5.41, 5.74) is 1.33. The normalized spacial score (nSPS) is 10.7. The zero-order valence-corrected chi connectivity index (χ0v) is 11.0. The third kappa shape index (κ3) is 2.65. The summed E-state index contributed by atoms with van der Waals surface area (Å²) in [5.74, 6) is -0.0913. The fraction of sp³-hybridized carbons (Fsp3) is 0.273. The second kappa shape index (κ2) is 5.29. The van der Waals surface area contributed by atoms with Crippen molar-refractivity contribution in [2.45, 2.75) is 0 Å². The minimum atomic E-state index is -0.0913. The number of pyridine rings is 1. The highest BCUT2D eigenvalue weighted by Gasteiger charge is 2.12. The fourth-order valence-electron chi connectivity index (χ4n) is 1.56. The van der Waals surface area contributed by atoms with E-state index in [9.17, 15) is 4.79 Å². The van der Waals surface area contributed by atoms with E-state index in [4.69, 9.17) is 0 Å². The summed E-state index contributed by atoms with van der Waals surface area (Å²) < 4.78 is 0.855. The summed E-state index contributed by atoms with van der Waals surface area (Å²) >= 11 is 3.35. The molecule has 6 heteroatoms. The van der Waals surface area contributed by atoms with Gasteiger partial charge in [-0.25, -0.2) is 4.98 Å². The number of aromatic nitrogens is 2. The van der Waals surface area contributed by atoms with E-state index in [1.807, 2.05) is 13.1 Å². The van der Waals surface area contributed by atoms with Crippen LogP contribution in [0.25, 0.3) is 11.0 Å². The number of amides is 1. The van der Waals surface area contributed by atoms with Gasteiger partial charge in [0, 0.05) is 35.3 Å². The Labute approximate surface area is 107 Å². The summed E-state index contributed by atoms with van der Waals surface area (Å²) in [6, 6.07) is 1.88. The maximum Gasteiger partial charge on any atom is 0.253 e. The molecule has 0 unspecified atom stereocenters. The summed E-state index contributed by atoms with van der Waals surface area (Å²) in [4.78, 5) is 19.1. The van der Waals surface area contributed by atoms with Gasteiger partial charge in [-0.1, -0.05) is 0 Å². The third-order valence-corrected chi connectivity index (χ3v) is 2.84. The SMILES string of the molecule is CNCCNC(=O)c1c[nH]c2ncc(Br)cc12. The Morgan fingerprint density at radius 2 is 2.35 bits per heavy atom. The molecule has 17 heavy (non-hydrogen) atoms. The van der Waals surface area contributed by atoms with Crippen molar-refractivity contribution in [3.63, 3.8) is 0 Å². The molecule has 2 heterocycles. The Hall–Kier alpha value is -1.40. The fourth-order valence-corrected chi connectivity index (χ4v) is 1.89. The van der Waals surface area contributed by atoms with Crippen molar-refractivity contribution in [2.24, 2.45) is 0 Å². The number of aromatic amines is 1. The molecule has 0 aliphatic heterocycles. The molecule has 0 fully saturated rings. The van der Waals surface area contributed by atoms with Gasteiger partial charge in [0.15, 0.2) is 0 Å². The highest BCUT2D eigenvalue weighted by atomic mass is 79.9. The van der Waals surface area contributed by atoms with Crippen LogP contribution in [0.1, 0.15) is 10.4 Å². The summed E-state index contributed by atoms with van der Waals surface area (Å²) in [6.45, 7) is 1.35. The molecule has 0 radical (unpaired) electrons. The minimum Gasteiger partial charge on any atom is -0.351 e. The molecule has 0 saturated heterocycles. The second-order valence-corrected chi connectivity index (χ2v) is 4.53. The number of H-pyrrole nitrogens is 1. The quantitative estimate of drug-likeness (QED) is 0.744. The molecule has 0 aliphatic carbocycles. The molecule has 90 valence electrons. The Morgan fingerprint density at radius 1 is 1.53 bits per heavy atom. The molecule has 0 atom stereocenters. The monoisotopic (exact) mass is 296 g/mol. The van der Waals surface area contributed by atoms with Gasteiger partial charge >= 0.3 is 0 Å². The minimum absolute atomic E-state index is 0.0913. The van der Waals surface area contributed by atoms with E-state index < -0.39 is 0 Å². The molecular formula is C11H13BrN4O. The Balaban J connectivity index is 2.23. The number of rotatable bonds is 4. The molecule has 0 saturated carbocycles. The average Bonchev–Trinajstić information content (AvgIpc) is 2.72. The molecule has 2 rings (SSSR count). The average molecular weight is 297 g/mol. The lowest BCUT2D eigenvalue weighted by Gasteiger charge is -2.03. The lowest BCUT2D eigenvalue weighted by Crippen LogP contribution is -2.30. The third-order valence-electron chi connectivity index (χ3n) is 2.40. The van der Waals surface area contributed by atoms with Crippen molar-refractivity contribution in [1.82, 2.24) is 20.6 Å². The lowest BCUT2D eigenvalue weighted by atomic mass is 10.2. The van der Waals surface area contributed by atoms with E-state index in [1.165, 1.54) is 0 Å². The van der Waals surface area contributed by atoms with Gasteiger partial charge in [0.2, 0.25) is 0 Å². The van der Waals surface area contributed by atoms with Crippen molar-refractivity contribution in [3.05, 3.63) is 28.5 Å². The molecule has 0 bridgehead atoms. The van der Waals surface area contributed by atoms with Crippen LogP contribution in [0.5, 0.6) is 0 Å². The van der Waals surface area contributed by atoms with Gasteiger partial charge in [-0.3, -0.25) is 4.79 Å². The molecule has 0 spiro atoms. The number of carbonyl (C=O) groups is 1. The topological polar surface area (TPSA) is 69.8 Å². The maximum atomic E-state index is 11.9. The highest BCUT2D eigenvalue weighted by molar-refractivity contribution is 9.10. The number of hydrogen-bond acceptors (Lipinski definition) is 3. The number of halogens is 1. The Bertz CT molecular complexity index is 537. The zero-order chi connectivity index (χ0) is 12.3. The van der Waals surface area contributed by atoms with Crippen molar-refractivity contribution >= 4 is 32.9 Å². The predicted molar refractivity (Wildman–Crippen MR) is 70.1 cm³/mol. The molecule has 2 aromatic heterocycles. The van der Waals surface area contributed by atoms with Gasteiger partial charge in [-0.2, -0.15) is 0 Å². The van der Waals surface area contributed by atoms with Crippen LogP contribution in [0.15, 0.2) is 22.9 Å². The van der Waals surface area contributed by atoms with Gasteiger partial charge in [-0.05, 0) is 29.0 Å². The predicted octanol–water partition coefficient (Wildman–Crippen LogP) is 1.27. The van der Waals surface area contributed by atoms with Gasteiger partial charge in [-0.15, -0.1) is 0 Å². The van der Waals surface area contributed by atoms with Crippen LogP contribution in [0.3, 0.4) is 0 Å². The summed E-state index contributed by atoms with van der Waals surface area (Å²) in [7, 11) is 1.85. The molecule has 3 N–H and O–H groups in total. The molecule has 1 amide bonds. The van der Waals surface area contributed by atoms with E-state index in [0.717, 1.165) is 16.4 Å². The number of hydrogen-bond donors (Lipinski definition) is 3. The summed E-state index contributed by atoms with van der Waals surface area (Å²) in [5, 5.41) is 6.63. The first-order valence-electron chi connectivity index (χ1n) is 5.28. The molecular weight excluding hydrogens is 284 g/mol. The van der Waals surface area contributed by atoms with E-state index in [1.54, 1.807) is 12.4 Å². The highest BCUT2D eigenvalue weighted by Crippen LogP contribution is 2.20. The molecule has 2 aromatic rings. The smallest absolute Gasteiger partial charge is 0.253 e. The van der Waals surface area contributed by atoms with Crippen LogP contribution in [0, 0.1) is 0 Å². The molecule has 0 aliphatic rings. The van der Waals surface area contributed by atoms with Crippen molar-refractivity contribution in [1.29, 1.82) is 0 Å². The van der Waals surface area contributed by atoms with Crippen molar-refractivity contribution in [3.8, 4) is 0 Å². The Kier molecular flexibility index (Phi) is 3.75. The number of likely N-dealkylation sites (N-methyl/N-ethyl adjacent to an activating group) is 1. The van der Waals surface area contributed by atoms with Gasteiger partial charge in [0.1, 0.15) is 5.65 Å². The van der Waals surface area contributed by atoms with Crippen molar-refractivity contribution < 1.29 is 4.79 Å². The number of carbonyl (C=O) groups excluding carboxylic acids is 1. The number of nitrogens with one attached hydrogen (secondary N) is 3. The van der Waals surface area contributed by atoms with E-state index in [0.29, 0.717) is 17.8 Å². The number of fused-ring (bicyclic) bond motifs is 1. The first kappa shape index (κ1) is 12.1. The zero-order valence-electron chi connectivity index (χ0n) is 9.38. The standard InChI is InChI=1S/C11H13BrN4O/c1-13-2-3-14-11(17)9-6-16-10-8(9)4-7(12)5-15-10/h4-6,13H,2-3H2,1H3,(H,14,17)(H,15,16). The molecule has 0 aromatic carbocycles. The first-order chi connectivity index (χ1) is 8.22. The molecule has 5 nitrogen and oxygen atoms in total. The van der Waals surface area contributed by atoms with E-state index in [2.05, 4.69) is 36.5 Å². The van der Waals surface area contributed by atoms with Crippen LogP contribution in [-0.2, 0) is 0 Å².